The Hall–Kier alpha value is -5.53. The highest BCUT2D eigenvalue weighted by atomic mass is 32.1. The molecule has 1 fully saturated rings. The average Bonchev–Trinajstić information content (AvgIpc) is 3.92. The topological polar surface area (TPSA) is 156 Å². The van der Waals surface area contributed by atoms with Gasteiger partial charge >= 0.3 is 0 Å². The first kappa shape index (κ1) is 48.9. The van der Waals surface area contributed by atoms with Gasteiger partial charge in [-0.25, -0.2) is 4.98 Å². The van der Waals surface area contributed by atoms with E-state index in [9.17, 15) is 24.9 Å². The highest BCUT2D eigenvalue weighted by molar-refractivity contribution is 7.13. The van der Waals surface area contributed by atoms with Crippen molar-refractivity contribution in [3.8, 4) is 27.7 Å². The number of likely N-dealkylation sites (tertiary alicyclic amines) is 1. The SMILES string of the molecule is CCC(=C(c1ccc(O)cc1)c1ccc(OCCNCCCCCCCN[C@H](C(=O)N2C[C@H](O)C[C@H]2C(=O)NCc2ccc(-c3scnc3C)cc2)C(C)(C)C)cc1)c1ccc(O)cc1. The van der Waals surface area contributed by atoms with Gasteiger partial charge in [-0.15, -0.1) is 11.3 Å². The third kappa shape index (κ3) is 13.7. The maximum absolute atomic E-state index is 14.0. The van der Waals surface area contributed by atoms with Crippen LogP contribution in [0.25, 0.3) is 21.6 Å². The molecule has 0 unspecified atom stereocenters. The van der Waals surface area contributed by atoms with E-state index in [0.29, 0.717) is 19.7 Å². The van der Waals surface area contributed by atoms with E-state index in [2.05, 4.69) is 40.0 Å². The van der Waals surface area contributed by atoms with Gasteiger partial charge in [0.1, 0.15) is 29.9 Å². The fourth-order valence-corrected chi connectivity index (χ4v) is 9.27. The number of aromatic nitrogens is 1. The van der Waals surface area contributed by atoms with Gasteiger partial charge < -0.3 is 40.9 Å². The smallest absolute Gasteiger partial charge is 0.243 e. The summed E-state index contributed by atoms with van der Waals surface area (Å²) >= 11 is 1.60. The molecule has 0 radical (unpaired) electrons. The van der Waals surface area contributed by atoms with Crippen LogP contribution >= 0.6 is 11.3 Å². The Balaban J connectivity index is 0.877. The van der Waals surface area contributed by atoms with Crippen LogP contribution in [0.15, 0.2) is 103 Å². The summed E-state index contributed by atoms with van der Waals surface area (Å²) in [5.74, 6) is 0.852. The fourth-order valence-electron chi connectivity index (χ4n) is 8.46. The molecule has 4 aromatic carbocycles. The van der Waals surface area contributed by atoms with E-state index in [1.165, 1.54) is 0 Å². The first-order valence-corrected chi connectivity index (χ1v) is 23.9. The van der Waals surface area contributed by atoms with Crippen LogP contribution in [0.4, 0.5) is 0 Å². The summed E-state index contributed by atoms with van der Waals surface area (Å²) in [6.07, 6.45) is 5.53. The molecule has 1 saturated heterocycles. The van der Waals surface area contributed by atoms with Crippen molar-refractivity contribution in [3.63, 3.8) is 0 Å². The highest BCUT2D eigenvalue weighted by Gasteiger charge is 2.43. The van der Waals surface area contributed by atoms with E-state index in [4.69, 9.17) is 4.74 Å². The van der Waals surface area contributed by atoms with E-state index in [1.807, 2.05) is 93.9 Å². The Morgan fingerprint density at radius 2 is 1.42 bits per heavy atom. The molecule has 0 aliphatic carbocycles. The second-order valence-electron chi connectivity index (χ2n) is 18.0. The largest absolute Gasteiger partial charge is 0.508 e. The second-order valence-corrected chi connectivity index (χ2v) is 18.9. The van der Waals surface area contributed by atoms with Crippen LogP contribution in [0.3, 0.4) is 0 Å². The molecule has 11 nitrogen and oxygen atoms in total. The number of phenols is 2. The number of carbonyl (C=O) groups is 2. The molecule has 0 bridgehead atoms. The van der Waals surface area contributed by atoms with E-state index < -0.39 is 18.2 Å². The van der Waals surface area contributed by atoms with E-state index in [-0.39, 0.29) is 41.7 Å². The number of aryl methyl sites for hydroxylation is 1. The van der Waals surface area contributed by atoms with Gasteiger partial charge in [-0.05, 0) is 120 Å². The summed E-state index contributed by atoms with van der Waals surface area (Å²) in [5, 5.41) is 40.4. The number of rotatable bonds is 22. The molecule has 1 aromatic heterocycles. The van der Waals surface area contributed by atoms with Crippen molar-refractivity contribution in [2.45, 2.75) is 104 Å². The number of aliphatic hydroxyl groups is 1. The highest BCUT2D eigenvalue weighted by Crippen LogP contribution is 2.36. The lowest BCUT2D eigenvalue weighted by Gasteiger charge is -2.35. The van der Waals surface area contributed by atoms with E-state index in [1.54, 1.807) is 40.5 Å². The quantitative estimate of drug-likeness (QED) is 0.0295. The number of benzene rings is 4. The van der Waals surface area contributed by atoms with Gasteiger partial charge in [0.15, 0.2) is 0 Å². The number of hydrogen-bond donors (Lipinski definition) is 6. The van der Waals surface area contributed by atoms with Crippen LogP contribution in [0.1, 0.15) is 101 Å². The lowest BCUT2D eigenvalue weighted by molar-refractivity contribution is -0.142. The van der Waals surface area contributed by atoms with Gasteiger partial charge in [-0.2, -0.15) is 0 Å². The van der Waals surface area contributed by atoms with Gasteiger partial charge in [-0.3, -0.25) is 9.59 Å². The number of nitrogens with zero attached hydrogens (tertiary/aromatic N) is 2. The minimum absolute atomic E-state index is 0.144. The number of ether oxygens (including phenoxy) is 1. The third-order valence-corrected chi connectivity index (χ3v) is 13.0. The number of nitrogens with one attached hydrogen (secondary N) is 3. The Bertz CT molecular complexity index is 2300. The molecule has 5 aromatic rings. The predicted molar refractivity (Wildman–Crippen MR) is 262 cm³/mol. The van der Waals surface area contributed by atoms with Crippen molar-refractivity contribution in [2.24, 2.45) is 5.41 Å². The molecule has 2 amide bonds. The zero-order valence-electron chi connectivity index (χ0n) is 38.6. The molecule has 12 heteroatoms. The maximum atomic E-state index is 14.0. The first-order chi connectivity index (χ1) is 31.3. The average molecular weight is 902 g/mol. The number of aromatic hydroxyl groups is 2. The van der Waals surface area contributed by atoms with Crippen LogP contribution in [0, 0.1) is 12.3 Å². The van der Waals surface area contributed by atoms with E-state index >= 15 is 0 Å². The fraction of sp³-hybridized carbons (Fsp3) is 0.415. The summed E-state index contributed by atoms with van der Waals surface area (Å²) in [6, 6.07) is 29.5. The van der Waals surface area contributed by atoms with Crippen LogP contribution in [-0.2, 0) is 16.1 Å². The van der Waals surface area contributed by atoms with Gasteiger partial charge in [0.25, 0.3) is 0 Å². The van der Waals surface area contributed by atoms with Crippen LogP contribution in [0.2, 0.25) is 0 Å². The summed E-state index contributed by atoms with van der Waals surface area (Å²) < 4.78 is 6.07. The Kier molecular flexibility index (Phi) is 17.8. The number of carbonyl (C=O) groups excluding carboxylic acids is 2. The number of unbranched alkanes of at least 4 members (excludes halogenated alkanes) is 4. The third-order valence-electron chi connectivity index (χ3n) is 12.0. The molecule has 2 heterocycles. The minimum atomic E-state index is -0.744. The van der Waals surface area contributed by atoms with E-state index in [0.717, 1.165) is 107 Å². The number of thiazole rings is 1. The van der Waals surface area contributed by atoms with Crippen molar-refractivity contribution in [3.05, 3.63) is 131 Å². The molecule has 1 aliphatic rings. The normalized spacial score (nSPS) is 16.0. The maximum Gasteiger partial charge on any atom is 0.243 e. The zero-order valence-corrected chi connectivity index (χ0v) is 39.4. The van der Waals surface area contributed by atoms with Crippen LogP contribution in [0.5, 0.6) is 17.2 Å². The van der Waals surface area contributed by atoms with Crippen molar-refractivity contribution in [1.29, 1.82) is 0 Å². The molecule has 0 spiro atoms. The van der Waals surface area contributed by atoms with Gasteiger partial charge in [0.2, 0.25) is 11.8 Å². The predicted octanol–water partition coefficient (Wildman–Crippen LogP) is 9.10. The van der Waals surface area contributed by atoms with Crippen LogP contribution < -0.4 is 20.7 Å². The number of β-amino-alcohol motifs (C(OH)–C–C–N with tert-alkyl or cyclic N) is 1. The van der Waals surface area contributed by atoms with Gasteiger partial charge in [0, 0.05) is 26.1 Å². The van der Waals surface area contributed by atoms with Crippen LogP contribution in [-0.4, -0.2) is 88.0 Å². The number of amides is 2. The summed E-state index contributed by atoms with van der Waals surface area (Å²) in [5.41, 5.74) is 9.78. The molecular weight excluding hydrogens is 835 g/mol. The first-order valence-electron chi connectivity index (χ1n) is 23.1. The molecule has 346 valence electrons. The standard InChI is InChI=1S/C53H67N5O6S/c1-6-46(38-16-22-42(59)23-17-38)48(39-18-24-43(60)25-19-39)40-20-26-45(27-21-40)64-31-30-54-28-10-8-7-9-11-29-55-50(53(3,4)5)52(63)58-34-44(61)32-47(58)51(62)56-33-37-12-14-41(15-13-37)49-36(2)57-35-65-49/h12-27,35,44,47,50,54-55,59-61H,6-11,28-34H2,1-5H3,(H,56,62)/t44-,47+,50-/m1/s1. The van der Waals surface area contributed by atoms with Crippen molar-refractivity contribution in [2.75, 3.05) is 32.8 Å². The lowest BCUT2D eigenvalue weighted by atomic mass is 9.85. The Morgan fingerprint density at radius 3 is 2.02 bits per heavy atom. The molecular formula is C53H67N5O6S. The number of hydrogen-bond acceptors (Lipinski definition) is 10. The molecule has 0 saturated carbocycles. The monoisotopic (exact) mass is 901 g/mol. The number of allylic oxidation sites excluding steroid dienone is 1. The second kappa shape index (κ2) is 23.6. The Morgan fingerprint density at radius 1 is 0.815 bits per heavy atom. The summed E-state index contributed by atoms with van der Waals surface area (Å²) in [4.78, 5) is 34.5. The van der Waals surface area contributed by atoms with Gasteiger partial charge in [-0.1, -0.05) is 108 Å². The molecule has 3 atom stereocenters. The Labute approximate surface area is 389 Å². The molecule has 6 rings (SSSR count). The number of aliphatic hydroxyl groups excluding tert-OH is 1. The molecule has 6 N–H and O–H groups in total. The van der Waals surface area contributed by atoms with Crippen molar-refractivity contribution >= 4 is 34.3 Å². The molecule has 65 heavy (non-hydrogen) atoms. The van der Waals surface area contributed by atoms with Gasteiger partial charge in [0.05, 0.1) is 28.2 Å². The molecule has 1 aliphatic heterocycles. The van der Waals surface area contributed by atoms with Crippen molar-refractivity contribution in [1.82, 2.24) is 25.8 Å². The summed E-state index contributed by atoms with van der Waals surface area (Å²) in [6.45, 7) is 13.6. The lowest BCUT2D eigenvalue weighted by Crippen LogP contribution is -2.56. The minimum Gasteiger partial charge on any atom is -0.508 e. The summed E-state index contributed by atoms with van der Waals surface area (Å²) in [7, 11) is 0. The van der Waals surface area contributed by atoms with Crippen molar-refractivity contribution < 1.29 is 29.6 Å². The number of phenolic OH excluding ortho intramolecular Hbond substituents is 2. The zero-order chi connectivity index (χ0) is 46.3.